The Balaban J connectivity index is 2.24. The van der Waals surface area contributed by atoms with Crippen LogP contribution in [0.25, 0.3) is 0 Å². The van der Waals surface area contributed by atoms with Crippen LogP contribution >= 0.6 is 0 Å². The Morgan fingerprint density at radius 2 is 2.05 bits per heavy atom. The molecule has 1 aliphatic heterocycles. The molecule has 1 unspecified atom stereocenters. The molecular formula is C15H30N2O2. The molecule has 1 saturated heterocycles. The van der Waals surface area contributed by atoms with E-state index in [0.717, 1.165) is 45.3 Å². The molecule has 4 nitrogen and oxygen atoms in total. The van der Waals surface area contributed by atoms with Crippen molar-refractivity contribution in [3.8, 4) is 0 Å². The minimum Gasteiger partial charge on any atom is -0.375 e. The number of nitrogens with one attached hydrogen (secondary N) is 1. The third kappa shape index (κ3) is 5.11. The molecule has 0 aliphatic carbocycles. The van der Waals surface area contributed by atoms with Gasteiger partial charge in [-0.3, -0.25) is 4.79 Å². The van der Waals surface area contributed by atoms with Gasteiger partial charge in [-0.25, -0.2) is 0 Å². The predicted octanol–water partition coefficient (Wildman–Crippen LogP) is 2.18. The normalized spacial score (nSPS) is 22.2. The molecule has 0 radical (unpaired) electrons. The number of carbonyl (C=O) groups excluding carboxylic acids is 1. The van der Waals surface area contributed by atoms with E-state index in [1.165, 1.54) is 0 Å². The Morgan fingerprint density at radius 3 is 2.63 bits per heavy atom. The van der Waals surface area contributed by atoms with Gasteiger partial charge in [0.25, 0.3) is 0 Å². The van der Waals surface area contributed by atoms with Gasteiger partial charge in [0.05, 0.1) is 5.60 Å². The van der Waals surface area contributed by atoms with Crippen LogP contribution in [0.1, 0.15) is 52.4 Å². The molecule has 0 aromatic rings. The lowest BCUT2D eigenvalue weighted by Gasteiger charge is -2.40. The van der Waals surface area contributed by atoms with Gasteiger partial charge in [-0.15, -0.1) is 0 Å². The molecule has 4 heteroatoms. The van der Waals surface area contributed by atoms with Crippen molar-refractivity contribution < 1.29 is 9.53 Å². The summed E-state index contributed by atoms with van der Waals surface area (Å²) in [5, 5.41) is 3.59. The van der Waals surface area contributed by atoms with Crippen molar-refractivity contribution in [1.29, 1.82) is 0 Å². The summed E-state index contributed by atoms with van der Waals surface area (Å²) in [5.41, 5.74) is 0.0787. The smallest absolute Gasteiger partial charge is 0.222 e. The van der Waals surface area contributed by atoms with Crippen LogP contribution in [-0.4, -0.2) is 49.7 Å². The molecule has 0 spiro atoms. The van der Waals surface area contributed by atoms with Gasteiger partial charge in [-0.2, -0.15) is 0 Å². The molecule has 1 aliphatic rings. The van der Waals surface area contributed by atoms with Crippen molar-refractivity contribution >= 4 is 5.91 Å². The summed E-state index contributed by atoms with van der Waals surface area (Å²) in [6.45, 7) is 6.20. The summed E-state index contributed by atoms with van der Waals surface area (Å²) >= 11 is 0. The molecule has 1 N–H and O–H groups in total. The first-order valence-corrected chi connectivity index (χ1v) is 7.60. The van der Waals surface area contributed by atoms with Crippen molar-refractivity contribution in [2.24, 2.45) is 0 Å². The highest BCUT2D eigenvalue weighted by Crippen LogP contribution is 2.31. The largest absolute Gasteiger partial charge is 0.375 e. The average molecular weight is 270 g/mol. The monoisotopic (exact) mass is 270 g/mol. The molecule has 1 heterocycles. The minimum absolute atomic E-state index is 0.0787. The number of rotatable bonds is 7. The first-order valence-electron chi connectivity index (χ1n) is 7.60. The van der Waals surface area contributed by atoms with Gasteiger partial charge >= 0.3 is 0 Å². The molecule has 112 valence electrons. The summed E-state index contributed by atoms with van der Waals surface area (Å²) in [4.78, 5) is 13.1. The second-order valence-corrected chi connectivity index (χ2v) is 5.77. The lowest BCUT2D eigenvalue weighted by molar-refractivity contribution is -0.128. The van der Waals surface area contributed by atoms with E-state index in [4.69, 9.17) is 4.74 Å². The predicted molar refractivity (Wildman–Crippen MR) is 78.2 cm³/mol. The van der Waals surface area contributed by atoms with Crippen molar-refractivity contribution in [2.45, 2.75) is 64.0 Å². The van der Waals surface area contributed by atoms with Crippen LogP contribution < -0.4 is 5.32 Å². The Morgan fingerprint density at radius 1 is 1.37 bits per heavy atom. The van der Waals surface area contributed by atoms with Crippen molar-refractivity contribution in [1.82, 2.24) is 10.2 Å². The van der Waals surface area contributed by atoms with Crippen LogP contribution in [0, 0.1) is 0 Å². The molecule has 1 atom stereocenters. The van der Waals surface area contributed by atoms with Crippen molar-refractivity contribution in [2.75, 3.05) is 27.2 Å². The Bertz CT molecular complexity index is 275. The number of hydrogen-bond donors (Lipinski definition) is 1. The number of ether oxygens (including phenoxy) is 1. The Kier molecular flexibility index (Phi) is 6.80. The maximum Gasteiger partial charge on any atom is 0.222 e. The summed E-state index contributed by atoms with van der Waals surface area (Å²) in [5.74, 6) is 0.213. The standard InChI is InChI=1S/C15H30N2O2/c1-5-15(6-2)12-13(9-11-19-15)16-10-7-8-14(18)17(3)4/h13,16H,5-12H2,1-4H3. The zero-order valence-corrected chi connectivity index (χ0v) is 13.0. The van der Waals surface area contributed by atoms with Crippen LogP contribution in [0.5, 0.6) is 0 Å². The number of nitrogens with zero attached hydrogens (tertiary/aromatic N) is 1. The quantitative estimate of drug-likeness (QED) is 0.721. The van der Waals surface area contributed by atoms with E-state index < -0.39 is 0 Å². The molecule has 0 aromatic carbocycles. The van der Waals surface area contributed by atoms with Crippen LogP contribution in [0.3, 0.4) is 0 Å². The second kappa shape index (κ2) is 7.85. The first kappa shape index (κ1) is 16.4. The molecule has 0 bridgehead atoms. The van der Waals surface area contributed by atoms with E-state index in [-0.39, 0.29) is 11.5 Å². The van der Waals surface area contributed by atoms with Crippen LogP contribution in [0.4, 0.5) is 0 Å². The van der Waals surface area contributed by atoms with Crippen molar-refractivity contribution in [3.63, 3.8) is 0 Å². The fourth-order valence-corrected chi connectivity index (χ4v) is 2.71. The topological polar surface area (TPSA) is 41.6 Å². The van der Waals surface area contributed by atoms with Gasteiger partial charge in [0, 0.05) is 33.2 Å². The SMILES string of the molecule is CCC1(CC)CC(NCCCC(=O)N(C)C)CCO1. The van der Waals surface area contributed by atoms with Gasteiger partial charge in [0.2, 0.25) is 5.91 Å². The number of hydrogen-bond acceptors (Lipinski definition) is 3. The van der Waals surface area contributed by atoms with Gasteiger partial charge in [-0.1, -0.05) is 13.8 Å². The van der Waals surface area contributed by atoms with E-state index in [2.05, 4.69) is 19.2 Å². The third-order valence-corrected chi connectivity index (χ3v) is 4.28. The zero-order valence-electron chi connectivity index (χ0n) is 13.0. The molecule has 19 heavy (non-hydrogen) atoms. The number of amides is 1. The summed E-state index contributed by atoms with van der Waals surface area (Å²) < 4.78 is 5.97. The highest BCUT2D eigenvalue weighted by atomic mass is 16.5. The minimum atomic E-state index is 0.0787. The second-order valence-electron chi connectivity index (χ2n) is 5.77. The fraction of sp³-hybridized carbons (Fsp3) is 0.933. The molecular weight excluding hydrogens is 240 g/mol. The fourth-order valence-electron chi connectivity index (χ4n) is 2.71. The first-order chi connectivity index (χ1) is 9.03. The van der Waals surface area contributed by atoms with Crippen LogP contribution in [-0.2, 0) is 9.53 Å². The molecule has 1 fully saturated rings. The van der Waals surface area contributed by atoms with E-state index in [1.54, 1.807) is 4.90 Å². The summed E-state index contributed by atoms with van der Waals surface area (Å²) in [6, 6.07) is 0.545. The maximum absolute atomic E-state index is 11.5. The van der Waals surface area contributed by atoms with Crippen LogP contribution in [0.2, 0.25) is 0 Å². The molecule has 1 amide bonds. The lowest BCUT2D eigenvalue weighted by Crippen LogP contribution is -2.46. The average Bonchev–Trinajstić information content (AvgIpc) is 2.43. The zero-order chi connectivity index (χ0) is 14.3. The van der Waals surface area contributed by atoms with E-state index in [9.17, 15) is 4.79 Å². The third-order valence-electron chi connectivity index (χ3n) is 4.28. The lowest BCUT2D eigenvalue weighted by atomic mass is 9.86. The van der Waals surface area contributed by atoms with E-state index in [0.29, 0.717) is 12.5 Å². The Labute approximate surface area is 117 Å². The highest BCUT2D eigenvalue weighted by molar-refractivity contribution is 5.75. The van der Waals surface area contributed by atoms with E-state index >= 15 is 0 Å². The summed E-state index contributed by atoms with van der Waals surface area (Å²) in [7, 11) is 3.62. The van der Waals surface area contributed by atoms with Gasteiger partial charge in [0.1, 0.15) is 0 Å². The van der Waals surface area contributed by atoms with Crippen molar-refractivity contribution in [3.05, 3.63) is 0 Å². The Hall–Kier alpha value is -0.610. The summed E-state index contributed by atoms with van der Waals surface area (Å²) in [6.07, 6.45) is 5.90. The molecule has 0 saturated carbocycles. The van der Waals surface area contributed by atoms with Crippen LogP contribution in [0.15, 0.2) is 0 Å². The van der Waals surface area contributed by atoms with Gasteiger partial charge in [0.15, 0.2) is 0 Å². The number of carbonyl (C=O) groups is 1. The molecule has 1 rings (SSSR count). The highest BCUT2D eigenvalue weighted by Gasteiger charge is 2.34. The van der Waals surface area contributed by atoms with Gasteiger partial charge in [-0.05, 0) is 38.6 Å². The van der Waals surface area contributed by atoms with Gasteiger partial charge < -0.3 is 15.0 Å². The molecule has 0 aromatic heterocycles. The maximum atomic E-state index is 11.5. The van der Waals surface area contributed by atoms with E-state index in [1.807, 2.05) is 14.1 Å².